The van der Waals surface area contributed by atoms with Gasteiger partial charge in [-0.05, 0) is 25.7 Å². The Bertz CT molecular complexity index is 265. The normalized spacial score (nSPS) is 24.5. The first-order valence-electron chi connectivity index (χ1n) is 6.43. The molecule has 2 fully saturated rings. The van der Waals surface area contributed by atoms with Gasteiger partial charge in [0.2, 0.25) is 0 Å². The molecule has 0 aromatic rings. The van der Waals surface area contributed by atoms with Crippen molar-refractivity contribution in [2.24, 2.45) is 10.7 Å². The summed E-state index contributed by atoms with van der Waals surface area (Å²) >= 11 is 0. The third-order valence-electron chi connectivity index (χ3n) is 3.87. The van der Waals surface area contributed by atoms with Gasteiger partial charge in [0.25, 0.3) is 0 Å². The van der Waals surface area contributed by atoms with Gasteiger partial charge < -0.3 is 20.1 Å². The summed E-state index contributed by atoms with van der Waals surface area (Å²) in [5, 5.41) is 0. The molecule has 1 saturated carbocycles. The van der Waals surface area contributed by atoms with E-state index in [2.05, 4.69) is 9.89 Å². The molecule has 2 N–H and O–H groups in total. The molecule has 0 atom stereocenters. The Morgan fingerprint density at radius 1 is 1.41 bits per heavy atom. The molecule has 2 aliphatic rings. The highest BCUT2D eigenvalue weighted by Gasteiger charge is 2.36. The maximum absolute atomic E-state index is 5.96. The quantitative estimate of drug-likeness (QED) is 0.578. The van der Waals surface area contributed by atoms with Gasteiger partial charge in [0.1, 0.15) is 0 Å². The van der Waals surface area contributed by atoms with Crippen molar-refractivity contribution < 1.29 is 9.47 Å². The van der Waals surface area contributed by atoms with Crippen LogP contribution in [0, 0.1) is 0 Å². The van der Waals surface area contributed by atoms with Crippen LogP contribution < -0.4 is 5.73 Å². The minimum Gasteiger partial charge on any atom is -0.378 e. The Kier molecular flexibility index (Phi) is 4.23. The van der Waals surface area contributed by atoms with Gasteiger partial charge in [-0.25, -0.2) is 0 Å². The van der Waals surface area contributed by atoms with Crippen LogP contribution in [-0.4, -0.2) is 56.4 Å². The van der Waals surface area contributed by atoms with Gasteiger partial charge in [-0.3, -0.25) is 4.99 Å². The summed E-state index contributed by atoms with van der Waals surface area (Å²) in [6.45, 7) is 3.96. The highest BCUT2D eigenvalue weighted by molar-refractivity contribution is 5.78. The molecule has 17 heavy (non-hydrogen) atoms. The predicted molar refractivity (Wildman–Crippen MR) is 67.1 cm³/mol. The fourth-order valence-corrected chi connectivity index (χ4v) is 2.39. The predicted octanol–water partition coefficient (Wildman–Crippen LogP) is 0.592. The van der Waals surface area contributed by atoms with Crippen LogP contribution in [0.15, 0.2) is 4.99 Å². The fraction of sp³-hybridized carbons (Fsp3) is 0.917. The maximum Gasteiger partial charge on any atom is 0.191 e. The van der Waals surface area contributed by atoms with Crippen molar-refractivity contribution in [3.05, 3.63) is 0 Å². The smallest absolute Gasteiger partial charge is 0.191 e. The average Bonchev–Trinajstić information content (AvgIpc) is 2.33. The van der Waals surface area contributed by atoms with E-state index in [1.165, 1.54) is 6.42 Å². The molecule has 98 valence electrons. The summed E-state index contributed by atoms with van der Waals surface area (Å²) in [6, 6.07) is 0. The van der Waals surface area contributed by atoms with Crippen molar-refractivity contribution >= 4 is 5.96 Å². The molecular formula is C12H23N3O2. The highest BCUT2D eigenvalue weighted by atomic mass is 16.5. The molecule has 1 saturated heterocycles. The Morgan fingerprint density at radius 2 is 2.12 bits per heavy atom. The number of nitrogens with two attached hydrogens (primary N) is 1. The molecule has 5 heteroatoms. The maximum atomic E-state index is 5.96. The molecule has 0 unspecified atom stereocenters. The number of rotatable bonds is 4. The van der Waals surface area contributed by atoms with Crippen LogP contribution >= 0.6 is 0 Å². The molecule has 1 aliphatic carbocycles. The van der Waals surface area contributed by atoms with Gasteiger partial charge in [0, 0.05) is 26.7 Å². The van der Waals surface area contributed by atoms with Crippen LogP contribution in [0.2, 0.25) is 0 Å². The molecule has 2 rings (SSSR count). The van der Waals surface area contributed by atoms with Crippen molar-refractivity contribution in [1.29, 1.82) is 0 Å². The number of nitrogens with zero attached hydrogens (tertiary/aromatic N) is 2. The molecule has 0 amide bonds. The largest absolute Gasteiger partial charge is 0.378 e. The molecule has 0 aromatic carbocycles. The van der Waals surface area contributed by atoms with Gasteiger partial charge in [0.15, 0.2) is 5.96 Å². The van der Waals surface area contributed by atoms with E-state index in [4.69, 9.17) is 15.2 Å². The lowest BCUT2D eigenvalue weighted by Gasteiger charge is -2.40. The van der Waals surface area contributed by atoms with Crippen LogP contribution in [0.1, 0.15) is 25.7 Å². The lowest BCUT2D eigenvalue weighted by molar-refractivity contribution is -0.0754. The van der Waals surface area contributed by atoms with Crippen LogP contribution in [-0.2, 0) is 9.47 Å². The Balaban J connectivity index is 1.75. The van der Waals surface area contributed by atoms with Crippen LogP contribution in [0.3, 0.4) is 0 Å². The number of morpholine rings is 1. The van der Waals surface area contributed by atoms with E-state index >= 15 is 0 Å². The monoisotopic (exact) mass is 241 g/mol. The summed E-state index contributed by atoms with van der Waals surface area (Å²) in [5.74, 6) is 0.652. The third-order valence-corrected chi connectivity index (χ3v) is 3.87. The zero-order valence-electron chi connectivity index (χ0n) is 10.7. The fourth-order valence-electron chi connectivity index (χ4n) is 2.39. The average molecular weight is 241 g/mol. The topological polar surface area (TPSA) is 60.1 Å². The third kappa shape index (κ3) is 3.10. The van der Waals surface area contributed by atoms with Crippen molar-refractivity contribution in [3.63, 3.8) is 0 Å². The minimum atomic E-state index is 0.0921. The van der Waals surface area contributed by atoms with Crippen LogP contribution in [0.4, 0.5) is 0 Å². The zero-order chi connectivity index (χ0) is 12.1. The second kappa shape index (κ2) is 5.69. The Morgan fingerprint density at radius 3 is 2.65 bits per heavy atom. The first-order valence-corrected chi connectivity index (χ1v) is 6.43. The number of hydrogen-bond donors (Lipinski definition) is 1. The Hall–Kier alpha value is -0.810. The second-order valence-corrected chi connectivity index (χ2v) is 4.83. The molecule has 5 nitrogen and oxygen atoms in total. The van der Waals surface area contributed by atoms with Gasteiger partial charge in [-0.15, -0.1) is 0 Å². The van der Waals surface area contributed by atoms with E-state index in [-0.39, 0.29) is 5.60 Å². The van der Waals surface area contributed by atoms with E-state index < -0.39 is 0 Å². The summed E-state index contributed by atoms with van der Waals surface area (Å²) in [7, 11) is 1.80. The summed E-state index contributed by atoms with van der Waals surface area (Å²) in [6.07, 6.45) is 4.58. The van der Waals surface area contributed by atoms with E-state index in [1.807, 2.05) is 0 Å². The first-order chi connectivity index (χ1) is 8.26. The van der Waals surface area contributed by atoms with Crippen molar-refractivity contribution in [1.82, 2.24) is 4.90 Å². The lowest BCUT2D eigenvalue weighted by Crippen LogP contribution is -2.45. The second-order valence-electron chi connectivity index (χ2n) is 4.83. The van der Waals surface area contributed by atoms with E-state index in [0.29, 0.717) is 5.96 Å². The van der Waals surface area contributed by atoms with E-state index in [9.17, 15) is 0 Å². The summed E-state index contributed by atoms with van der Waals surface area (Å²) < 4.78 is 10.8. The SMILES string of the molecule is COC1(CCN=C(N)N2CCOCC2)CCC1. The summed E-state index contributed by atoms with van der Waals surface area (Å²) in [4.78, 5) is 6.53. The van der Waals surface area contributed by atoms with Crippen molar-refractivity contribution in [2.45, 2.75) is 31.3 Å². The van der Waals surface area contributed by atoms with Crippen molar-refractivity contribution in [2.75, 3.05) is 40.0 Å². The number of guanidine groups is 1. The highest BCUT2D eigenvalue weighted by Crippen LogP contribution is 2.37. The number of aliphatic imine (C=N–C) groups is 1. The molecule has 1 heterocycles. The van der Waals surface area contributed by atoms with E-state index in [1.54, 1.807) is 7.11 Å². The van der Waals surface area contributed by atoms with Crippen molar-refractivity contribution in [3.8, 4) is 0 Å². The standard InChI is InChI=1S/C12H23N3O2/c1-16-12(3-2-4-12)5-6-14-11(13)15-7-9-17-10-8-15/h2-10H2,1H3,(H2,13,14). The molecule has 1 aliphatic heterocycles. The van der Waals surface area contributed by atoms with Crippen LogP contribution in [0.25, 0.3) is 0 Å². The zero-order valence-corrected chi connectivity index (χ0v) is 10.7. The number of ether oxygens (including phenoxy) is 2. The van der Waals surface area contributed by atoms with Gasteiger partial charge >= 0.3 is 0 Å². The van der Waals surface area contributed by atoms with Gasteiger partial charge in [0.05, 0.1) is 18.8 Å². The first kappa shape index (κ1) is 12.6. The van der Waals surface area contributed by atoms with Gasteiger partial charge in [-0.1, -0.05) is 0 Å². The number of hydrogen-bond acceptors (Lipinski definition) is 3. The molecule has 0 radical (unpaired) electrons. The lowest BCUT2D eigenvalue weighted by atomic mass is 9.77. The molecule has 0 spiro atoms. The van der Waals surface area contributed by atoms with Gasteiger partial charge in [-0.2, -0.15) is 0 Å². The molecule has 0 bridgehead atoms. The van der Waals surface area contributed by atoms with Crippen LogP contribution in [0.5, 0.6) is 0 Å². The minimum absolute atomic E-state index is 0.0921. The Labute approximate surface area is 103 Å². The number of methoxy groups -OCH3 is 1. The molecular weight excluding hydrogens is 218 g/mol. The van der Waals surface area contributed by atoms with E-state index in [0.717, 1.165) is 52.1 Å². The summed E-state index contributed by atoms with van der Waals surface area (Å²) in [5.41, 5.74) is 6.05. The molecule has 0 aromatic heterocycles.